The van der Waals surface area contributed by atoms with Crippen molar-refractivity contribution in [1.29, 1.82) is 0 Å². The van der Waals surface area contributed by atoms with Gasteiger partial charge in [-0.2, -0.15) is 4.98 Å². The van der Waals surface area contributed by atoms with Crippen molar-refractivity contribution in [3.05, 3.63) is 77.1 Å². The fourth-order valence-corrected chi connectivity index (χ4v) is 3.67. The van der Waals surface area contributed by atoms with Gasteiger partial charge in [-0.3, -0.25) is 0 Å². The highest BCUT2D eigenvalue weighted by Gasteiger charge is 2.23. The van der Waals surface area contributed by atoms with Crippen LogP contribution < -0.4 is 10.2 Å². The third kappa shape index (κ3) is 5.48. The van der Waals surface area contributed by atoms with Crippen LogP contribution in [0, 0.1) is 5.82 Å². The third-order valence-corrected chi connectivity index (χ3v) is 5.27. The Hall–Kier alpha value is -3.13. The second kappa shape index (κ2) is 10.1. The zero-order chi connectivity index (χ0) is 21.5. The van der Waals surface area contributed by atoms with Crippen LogP contribution >= 0.6 is 11.8 Å². The molecule has 0 amide bonds. The van der Waals surface area contributed by atoms with Crippen LogP contribution in [0.25, 0.3) is 0 Å². The number of methoxy groups -OCH3 is 1. The summed E-state index contributed by atoms with van der Waals surface area (Å²) in [4.78, 5) is 23.4. The summed E-state index contributed by atoms with van der Waals surface area (Å²) in [7, 11) is 4.98. The lowest BCUT2D eigenvalue weighted by Gasteiger charge is -2.18. The molecular formula is C22H23FN4O2S. The van der Waals surface area contributed by atoms with Crippen molar-refractivity contribution in [2.45, 2.75) is 17.3 Å². The molecule has 0 aliphatic rings. The average molecular weight is 427 g/mol. The van der Waals surface area contributed by atoms with Crippen molar-refractivity contribution in [1.82, 2.24) is 9.97 Å². The van der Waals surface area contributed by atoms with Crippen molar-refractivity contribution in [2.24, 2.45) is 0 Å². The van der Waals surface area contributed by atoms with Crippen LogP contribution in [0.5, 0.6) is 0 Å². The smallest absolute Gasteiger partial charge is 0.344 e. The van der Waals surface area contributed by atoms with Gasteiger partial charge in [-0.05, 0) is 23.3 Å². The number of ether oxygens (including phenoxy) is 1. The molecule has 30 heavy (non-hydrogen) atoms. The summed E-state index contributed by atoms with van der Waals surface area (Å²) in [6, 6.07) is 16.2. The number of thioether (sulfide) groups is 1. The van der Waals surface area contributed by atoms with Crippen LogP contribution in [0.2, 0.25) is 0 Å². The molecule has 1 N–H and O–H groups in total. The van der Waals surface area contributed by atoms with Gasteiger partial charge in [0, 0.05) is 26.4 Å². The summed E-state index contributed by atoms with van der Waals surface area (Å²) in [5.41, 5.74) is 2.10. The summed E-state index contributed by atoms with van der Waals surface area (Å²) in [5.74, 6) is 0.592. The van der Waals surface area contributed by atoms with Gasteiger partial charge in [0.1, 0.15) is 22.2 Å². The van der Waals surface area contributed by atoms with Gasteiger partial charge in [-0.1, -0.05) is 42.5 Å². The first-order valence-corrected chi connectivity index (χ1v) is 10.3. The normalized spacial score (nSPS) is 10.5. The molecule has 0 fully saturated rings. The molecule has 0 aliphatic carbocycles. The van der Waals surface area contributed by atoms with Crippen LogP contribution in [0.4, 0.5) is 16.2 Å². The summed E-state index contributed by atoms with van der Waals surface area (Å²) in [5, 5.41) is 3.67. The largest absolute Gasteiger partial charge is 0.465 e. The van der Waals surface area contributed by atoms with Crippen LogP contribution in [0.3, 0.4) is 0 Å². The first kappa shape index (κ1) is 21.6. The molecule has 1 aromatic heterocycles. The van der Waals surface area contributed by atoms with Crippen molar-refractivity contribution in [3.8, 4) is 0 Å². The zero-order valence-corrected chi connectivity index (χ0v) is 17.9. The predicted octanol–water partition coefficient (Wildman–Crippen LogP) is 4.37. The first-order valence-electron chi connectivity index (χ1n) is 9.30. The van der Waals surface area contributed by atoms with E-state index in [4.69, 9.17) is 4.74 Å². The van der Waals surface area contributed by atoms with Gasteiger partial charge in [-0.15, -0.1) is 11.8 Å². The molecule has 0 saturated carbocycles. The number of hydrogen-bond acceptors (Lipinski definition) is 7. The monoisotopic (exact) mass is 426 g/mol. The quantitative estimate of drug-likeness (QED) is 0.326. The van der Waals surface area contributed by atoms with E-state index in [1.54, 1.807) is 17.0 Å². The molecule has 8 heteroatoms. The molecule has 0 aliphatic heterocycles. The fourth-order valence-electron chi connectivity index (χ4n) is 2.71. The Morgan fingerprint density at radius 1 is 1.10 bits per heavy atom. The number of anilines is 2. The number of nitrogens with zero attached hydrogens (tertiary/aromatic N) is 3. The van der Waals surface area contributed by atoms with Crippen LogP contribution in [0.1, 0.15) is 21.5 Å². The van der Waals surface area contributed by atoms with Gasteiger partial charge in [0.25, 0.3) is 0 Å². The number of rotatable bonds is 8. The number of carbonyl (C=O) groups excluding carboxylic acids is 1. The molecule has 3 aromatic rings. The highest BCUT2D eigenvalue weighted by atomic mass is 32.2. The molecule has 2 aromatic carbocycles. The Morgan fingerprint density at radius 3 is 2.50 bits per heavy atom. The average Bonchev–Trinajstić information content (AvgIpc) is 2.76. The topological polar surface area (TPSA) is 67.3 Å². The molecule has 156 valence electrons. The van der Waals surface area contributed by atoms with E-state index < -0.39 is 5.97 Å². The number of hydrogen-bond donors (Lipinski definition) is 1. The van der Waals surface area contributed by atoms with Gasteiger partial charge in [0.05, 0.1) is 7.11 Å². The third-order valence-electron chi connectivity index (χ3n) is 4.22. The number of esters is 1. The lowest BCUT2D eigenvalue weighted by atomic mass is 10.2. The van der Waals surface area contributed by atoms with E-state index in [-0.39, 0.29) is 11.4 Å². The zero-order valence-electron chi connectivity index (χ0n) is 17.1. The lowest BCUT2D eigenvalue weighted by Crippen LogP contribution is -2.18. The Bertz CT molecular complexity index is 1020. The molecule has 1 heterocycles. The number of nitrogens with one attached hydrogen (secondary N) is 1. The Labute approximate surface area is 179 Å². The SMILES string of the molecule is COC(=O)c1c(NCc2cccc(F)c2)nc(N(C)C)nc1SCc1ccccc1. The van der Waals surface area contributed by atoms with Crippen molar-refractivity contribution in [3.63, 3.8) is 0 Å². The minimum absolute atomic E-state index is 0.264. The van der Waals surface area contributed by atoms with E-state index in [1.807, 2.05) is 44.4 Å². The Kier molecular flexibility index (Phi) is 7.24. The second-order valence-corrected chi connectivity index (χ2v) is 7.66. The standard InChI is InChI=1S/C22H23FN4O2S/c1-27(2)22-25-19(24-13-16-10-7-11-17(23)12-16)18(21(28)29-3)20(26-22)30-14-15-8-5-4-6-9-15/h4-12H,13-14H2,1-3H3,(H,24,25,26). The van der Waals surface area contributed by atoms with Crippen LogP contribution in [0.15, 0.2) is 59.6 Å². The second-order valence-electron chi connectivity index (χ2n) is 6.70. The van der Waals surface area contributed by atoms with Gasteiger partial charge < -0.3 is 15.0 Å². The van der Waals surface area contributed by atoms with E-state index >= 15 is 0 Å². The summed E-state index contributed by atoms with van der Waals surface area (Å²) in [6.45, 7) is 0.300. The van der Waals surface area contributed by atoms with Crippen molar-refractivity contribution >= 4 is 29.5 Å². The van der Waals surface area contributed by atoms with Gasteiger partial charge in [0.15, 0.2) is 0 Å². The molecule has 0 bridgehead atoms. The maximum Gasteiger partial charge on any atom is 0.344 e. The van der Waals surface area contributed by atoms with Gasteiger partial charge in [-0.25, -0.2) is 14.2 Å². The van der Waals surface area contributed by atoms with Crippen LogP contribution in [-0.4, -0.2) is 37.1 Å². The maximum absolute atomic E-state index is 13.5. The maximum atomic E-state index is 13.5. The number of benzene rings is 2. The van der Waals surface area contributed by atoms with E-state index in [9.17, 15) is 9.18 Å². The Balaban J connectivity index is 1.95. The first-order chi connectivity index (χ1) is 14.5. The lowest BCUT2D eigenvalue weighted by molar-refractivity contribution is 0.0596. The minimum atomic E-state index is -0.530. The molecular weight excluding hydrogens is 403 g/mol. The van der Waals surface area contributed by atoms with Crippen molar-refractivity contribution < 1.29 is 13.9 Å². The number of halogens is 1. The molecule has 0 spiro atoms. The minimum Gasteiger partial charge on any atom is -0.465 e. The summed E-state index contributed by atoms with van der Waals surface area (Å²) >= 11 is 1.44. The molecule has 6 nitrogen and oxygen atoms in total. The molecule has 0 radical (unpaired) electrons. The Morgan fingerprint density at radius 2 is 1.83 bits per heavy atom. The van der Waals surface area contributed by atoms with E-state index in [1.165, 1.54) is 31.0 Å². The van der Waals surface area contributed by atoms with E-state index in [2.05, 4.69) is 15.3 Å². The predicted molar refractivity (Wildman–Crippen MR) is 117 cm³/mol. The van der Waals surface area contributed by atoms with E-state index in [0.717, 1.165) is 11.1 Å². The molecule has 0 unspecified atom stereocenters. The van der Waals surface area contributed by atoms with Gasteiger partial charge >= 0.3 is 5.97 Å². The van der Waals surface area contributed by atoms with E-state index in [0.29, 0.717) is 29.1 Å². The number of carbonyl (C=O) groups is 1. The molecule has 0 atom stereocenters. The highest BCUT2D eigenvalue weighted by molar-refractivity contribution is 7.98. The fraction of sp³-hybridized carbons (Fsp3) is 0.227. The summed E-state index contributed by atoms with van der Waals surface area (Å²) in [6.07, 6.45) is 0. The summed E-state index contributed by atoms with van der Waals surface area (Å²) < 4.78 is 18.5. The molecule has 3 rings (SSSR count). The highest BCUT2D eigenvalue weighted by Crippen LogP contribution is 2.31. The number of aromatic nitrogens is 2. The molecule has 0 saturated heterocycles. The van der Waals surface area contributed by atoms with Crippen LogP contribution in [-0.2, 0) is 17.0 Å². The van der Waals surface area contributed by atoms with Gasteiger partial charge in [0.2, 0.25) is 5.95 Å². The van der Waals surface area contributed by atoms with Crippen molar-refractivity contribution in [2.75, 3.05) is 31.4 Å².